The molecule has 4 N–H and O–H groups in total. The first-order chi connectivity index (χ1) is 20.9. The second-order valence-electron chi connectivity index (χ2n) is 12.4. The molecule has 0 aromatic heterocycles. The van der Waals surface area contributed by atoms with Crippen molar-refractivity contribution in [1.29, 1.82) is 0 Å². The van der Waals surface area contributed by atoms with Gasteiger partial charge in [-0.15, -0.1) is 0 Å². The van der Waals surface area contributed by atoms with Gasteiger partial charge in [0.2, 0.25) is 11.6 Å². The van der Waals surface area contributed by atoms with E-state index in [1.807, 2.05) is 65.0 Å². The number of allylic oxidation sites excluding steroid dienone is 6. The summed E-state index contributed by atoms with van der Waals surface area (Å²) < 4.78 is 68.8. The van der Waals surface area contributed by atoms with Crippen LogP contribution in [0.15, 0.2) is 82.3 Å². The third-order valence-electron chi connectivity index (χ3n) is 8.67. The summed E-state index contributed by atoms with van der Waals surface area (Å²) >= 11 is 0. The lowest BCUT2D eigenvalue weighted by atomic mass is 9.81. The van der Waals surface area contributed by atoms with E-state index in [2.05, 4.69) is 9.48 Å². The number of fused-ring (bicyclic) bond motifs is 2. The lowest BCUT2D eigenvalue weighted by Crippen LogP contribution is -2.27. The van der Waals surface area contributed by atoms with E-state index in [0.717, 1.165) is 46.8 Å². The van der Waals surface area contributed by atoms with E-state index in [4.69, 9.17) is 5.73 Å². The van der Waals surface area contributed by atoms with Crippen LogP contribution >= 0.6 is 0 Å². The summed E-state index contributed by atoms with van der Waals surface area (Å²) in [5.74, 6) is -0.327. The third kappa shape index (κ3) is 6.99. The number of amides is 1. The molecule has 0 fully saturated rings. The Morgan fingerprint density at radius 1 is 0.867 bits per heavy atom. The van der Waals surface area contributed by atoms with E-state index in [1.165, 1.54) is 24.3 Å². The number of hydrogen-bond acceptors (Lipinski definition) is 6. The van der Waals surface area contributed by atoms with Crippen molar-refractivity contribution >= 4 is 43.2 Å². The highest BCUT2D eigenvalue weighted by atomic mass is 32.2. The number of carbonyl (C=O) groups excluding carboxylic acids is 1. The number of nitrogens with two attached hydrogens (primary N) is 1. The van der Waals surface area contributed by atoms with Crippen molar-refractivity contribution in [2.24, 2.45) is 5.73 Å². The van der Waals surface area contributed by atoms with Crippen LogP contribution in [0.25, 0.3) is 0 Å². The van der Waals surface area contributed by atoms with Gasteiger partial charge in [0, 0.05) is 47.5 Å². The molecule has 0 saturated heterocycles. The van der Waals surface area contributed by atoms with Gasteiger partial charge >= 0.3 is 0 Å². The molecule has 0 saturated carbocycles. The third-order valence-corrected chi connectivity index (χ3v) is 10.4. The molecular formula is C33H42N3O7S2+. The van der Waals surface area contributed by atoms with Gasteiger partial charge in [-0.3, -0.25) is 13.9 Å². The van der Waals surface area contributed by atoms with Crippen molar-refractivity contribution in [1.82, 2.24) is 0 Å². The second-order valence-corrected chi connectivity index (χ2v) is 15.3. The SMILES string of the molecule is CC[N+]1=C(/C=C/C=C/C=C2/N(CCCCCC(N)=O)c3ccc(S(=O)(=O)O)cc3C2(C)C)C(C)(C)c2cc(S(=O)(=O)O)ccc21. The second kappa shape index (κ2) is 12.7. The summed E-state index contributed by atoms with van der Waals surface area (Å²) in [6, 6.07) is 9.32. The van der Waals surface area contributed by atoms with Crippen molar-refractivity contribution in [2.75, 3.05) is 18.0 Å². The Balaban J connectivity index is 1.63. The highest BCUT2D eigenvalue weighted by molar-refractivity contribution is 7.86. The largest absolute Gasteiger partial charge is 0.370 e. The van der Waals surface area contributed by atoms with E-state index in [-0.39, 0.29) is 15.7 Å². The van der Waals surface area contributed by atoms with Gasteiger partial charge in [0.1, 0.15) is 6.54 Å². The number of benzene rings is 2. The van der Waals surface area contributed by atoms with Gasteiger partial charge in [-0.1, -0.05) is 38.5 Å². The number of hydrogen-bond donors (Lipinski definition) is 3. The maximum absolute atomic E-state index is 11.9. The summed E-state index contributed by atoms with van der Waals surface area (Å²) in [5.41, 5.74) is 9.49. The quantitative estimate of drug-likeness (QED) is 0.118. The fourth-order valence-corrected chi connectivity index (χ4v) is 7.33. The zero-order valence-electron chi connectivity index (χ0n) is 26.3. The van der Waals surface area contributed by atoms with E-state index < -0.39 is 31.1 Å². The van der Waals surface area contributed by atoms with Crippen LogP contribution in [0.3, 0.4) is 0 Å². The molecule has 2 aliphatic heterocycles. The molecule has 0 radical (unpaired) electrons. The Morgan fingerprint density at radius 3 is 2.09 bits per heavy atom. The Labute approximate surface area is 266 Å². The summed E-state index contributed by atoms with van der Waals surface area (Å²) in [5, 5.41) is 0. The molecule has 0 bridgehead atoms. The molecule has 4 rings (SSSR count). The summed E-state index contributed by atoms with van der Waals surface area (Å²) in [7, 11) is -8.71. The minimum Gasteiger partial charge on any atom is -0.370 e. The smallest absolute Gasteiger partial charge is 0.294 e. The Morgan fingerprint density at radius 2 is 1.49 bits per heavy atom. The molecule has 12 heteroatoms. The standard InChI is InChI=1S/C33H41N3O7S2/c1-6-35-27-18-16-23(44(38,39)40)21-25(27)32(2,3)29(35)13-9-7-10-14-30-33(4,5)26-22-24(45(41,42)43)17-19-28(26)36(30)20-12-8-11-15-31(34)37/h7,9-10,13-14,16-19,21-22H,6,8,11-12,15,20H2,1-5H3,(H3-,34,37,38,39,40,41,42,43)/p+1. The molecule has 1 amide bonds. The Hall–Kier alpha value is -3.58. The number of primary amides is 1. The summed E-state index contributed by atoms with van der Waals surface area (Å²) in [4.78, 5) is 13.0. The molecule has 242 valence electrons. The molecule has 2 aromatic rings. The minimum absolute atomic E-state index is 0.136. The van der Waals surface area contributed by atoms with Crippen molar-refractivity contribution in [3.8, 4) is 0 Å². The van der Waals surface area contributed by atoms with Crippen molar-refractivity contribution in [2.45, 2.75) is 80.9 Å². The number of nitrogens with zero attached hydrogens (tertiary/aromatic N) is 2. The molecule has 2 aliphatic rings. The zero-order valence-corrected chi connectivity index (χ0v) is 28.0. The Bertz CT molecular complexity index is 1850. The summed E-state index contributed by atoms with van der Waals surface area (Å²) in [6.07, 6.45) is 12.4. The van der Waals surface area contributed by atoms with E-state index >= 15 is 0 Å². The maximum atomic E-state index is 11.9. The highest BCUT2D eigenvalue weighted by Crippen LogP contribution is 2.48. The van der Waals surface area contributed by atoms with Crippen LogP contribution in [0.2, 0.25) is 0 Å². The Kier molecular flexibility index (Phi) is 9.65. The number of carbonyl (C=O) groups is 1. The van der Waals surface area contributed by atoms with Crippen LogP contribution in [0.4, 0.5) is 11.4 Å². The van der Waals surface area contributed by atoms with Crippen molar-refractivity contribution in [3.63, 3.8) is 0 Å². The van der Waals surface area contributed by atoms with E-state index in [0.29, 0.717) is 25.9 Å². The monoisotopic (exact) mass is 656 g/mol. The number of rotatable bonds is 12. The van der Waals surface area contributed by atoms with Crippen molar-refractivity contribution in [3.05, 3.63) is 83.6 Å². The zero-order chi connectivity index (χ0) is 33.4. The van der Waals surface area contributed by atoms with Crippen LogP contribution in [0.1, 0.15) is 71.4 Å². The fourth-order valence-electron chi connectivity index (χ4n) is 6.32. The van der Waals surface area contributed by atoms with Gasteiger partial charge in [0.25, 0.3) is 20.2 Å². The van der Waals surface area contributed by atoms with Gasteiger partial charge in [0.05, 0.1) is 15.2 Å². The predicted molar refractivity (Wildman–Crippen MR) is 175 cm³/mol. The molecule has 2 heterocycles. The first-order valence-electron chi connectivity index (χ1n) is 14.9. The van der Waals surface area contributed by atoms with Crippen LogP contribution in [0, 0.1) is 0 Å². The molecule has 10 nitrogen and oxygen atoms in total. The van der Waals surface area contributed by atoms with Gasteiger partial charge in [-0.2, -0.15) is 21.4 Å². The van der Waals surface area contributed by atoms with E-state index in [1.54, 1.807) is 12.1 Å². The average molecular weight is 657 g/mol. The molecule has 0 unspecified atom stereocenters. The van der Waals surface area contributed by atoms with Crippen LogP contribution in [-0.4, -0.2) is 55.2 Å². The van der Waals surface area contributed by atoms with E-state index in [9.17, 15) is 30.7 Å². The molecular weight excluding hydrogens is 615 g/mol. The minimum atomic E-state index is -4.37. The molecule has 0 atom stereocenters. The average Bonchev–Trinajstić information content (AvgIpc) is 3.29. The highest BCUT2D eigenvalue weighted by Gasteiger charge is 2.44. The number of unbranched alkanes of at least 4 members (excludes halogenated alkanes) is 2. The van der Waals surface area contributed by atoms with Crippen molar-refractivity contribution < 1.29 is 35.3 Å². The lowest BCUT2D eigenvalue weighted by molar-refractivity contribution is -0.433. The van der Waals surface area contributed by atoms with Gasteiger partial charge in [0.15, 0.2) is 5.71 Å². The molecule has 0 aliphatic carbocycles. The summed E-state index contributed by atoms with van der Waals surface area (Å²) in [6.45, 7) is 11.4. The molecule has 45 heavy (non-hydrogen) atoms. The first kappa shape index (κ1) is 34.3. The fraction of sp³-hybridized carbons (Fsp3) is 0.394. The van der Waals surface area contributed by atoms with Crippen LogP contribution in [0.5, 0.6) is 0 Å². The molecule has 2 aromatic carbocycles. The van der Waals surface area contributed by atoms with Crippen LogP contribution in [-0.2, 0) is 35.9 Å². The van der Waals surface area contributed by atoms with Crippen LogP contribution < -0.4 is 10.6 Å². The molecule has 0 spiro atoms. The van der Waals surface area contributed by atoms with Gasteiger partial charge < -0.3 is 10.6 Å². The predicted octanol–water partition coefficient (Wildman–Crippen LogP) is 5.42. The topological polar surface area (TPSA) is 158 Å². The van der Waals surface area contributed by atoms with Gasteiger partial charge in [-0.05, 0) is 75.6 Å². The number of anilines is 1. The normalized spacial score (nSPS) is 18.4. The maximum Gasteiger partial charge on any atom is 0.294 e. The first-order valence-corrected chi connectivity index (χ1v) is 17.8. The van der Waals surface area contributed by atoms with Gasteiger partial charge in [-0.25, -0.2) is 0 Å². The lowest BCUT2D eigenvalue weighted by Gasteiger charge is -2.27.